The van der Waals surface area contributed by atoms with Crippen molar-refractivity contribution in [1.29, 1.82) is 0 Å². The minimum absolute atomic E-state index is 0.0861. The monoisotopic (exact) mass is 462 g/mol. The Hall–Kier alpha value is -1.28. The molecule has 0 unspecified atom stereocenters. The number of nitrogens with zero attached hydrogens (tertiary/aromatic N) is 2. The molecule has 0 saturated heterocycles. The third-order valence-corrected chi connectivity index (χ3v) is 6.60. The number of hydrogen-bond donors (Lipinski definition) is 2. The van der Waals surface area contributed by atoms with E-state index in [4.69, 9.17) is 46.4 Å². The van der Waals surface area contributed by atoms with E-state index in [1.807, 2.05) is 0 Å². The largest absolute Gasteiger partial charge is 0.506 e. The van der Waals surface area contributed by atoms with Crippen molar-refractivity contribution in [3.05, 3.63) is 44.4 Å². The zero-order valence-electron chi connectivity index (χ0n) is 12.4. The smallest absolute Gasteiger partial charge is 0.155 e. The molecule has 132 valence electrons. The lowest BCUT2D eigenvalue weighted by molar-refractivity contribution is 0.477. The first-order chi connectivity index (χ1) is 12.3. The van der Waals surface area contributed by atoms with Gasteiger partial charge < -0.3 is 10.2 Å². The van der Waals surface area contributed by atoms with Gasteiger partial charge in [-0.2, -0.15) is 0 Å². The van der Waals surface area contributed by atoms with E-state index in [0.717, 1.165) is 0 Å². The van der Waals surface area contributed by atoms with E-state index >= 15 is 0 Å². The average molecular weight is 464 g/mol. The number of rotatable bonds is 2. The van der Waals surface area contributed by atoms with E-state index in [9.17, 15) is 10.2 Å². The fourth-order valence-corrected chi connectivity index (χ4v) is 5.39. The van der Waals surface area contributed by atoms with Gasteiger partial charge in [0.2, 0.25) is 0 Å². The lowest BCUT2D eigenvalue weighted by atomic mass is 10.2. The van der Waals surface area contributed by atoms with Gasteiger partial charge in [0.15, 0.2) is 9.66 Å². The molecule has 0 aliphatic heterocycles. The van der Waals surface area contributed by atoms with Crippen molar-refractivity contribution in [2.24, 2.45) is 0 Å². The van der Waals surface area contributed by atoms with Crippen molar-refractivity contribution in [3.8, 4) is 32.6 Å². The summed E-state index contributed by atoms with van der Waals surface area (Å²) in [7, 11) is 0. The topological polar surface area (TPSA) is 66.2 Å². The van der Waals surface area contributed by atoms with E-state index in [1.165, 1.54) is 34.8 Å². The maximum absolute atomic E-state index is 10.2. The van der Waals surface area contributed by atoms with Crippen LogP contribution >= 0.6 is 69.1 Å². The number of aromatic nitrogens is 2. The van der Waals surface area contributed by atoms with Crippen LogP contribution < -0.4 is 0 Å². The lowest BCUT2D eigenvalue weighted by Crippen LogP contribution is -1.81. The Morgan fingerprint density at radius 2 is 1.04 bits per heavy atom. The van der Waals surface area contributed by atoms with Crippen LogP contribution in [0.1, 0.15) is 0 Å². The quantitative estimate of drug-likeness (QED) is 0.332. The molecule has 0 spiro atoms. The highest BCUT2D eigenvalue weighted by Crippen LogP contribution is 2.45. The molecule has 4 nitrogen and oxygen atoms in total. The molecule has 26 heavy (non-hydrogen) atoms. The minimum atomic E-state index is -0.0861. The summed E-state index contributed by atoms with van der Waals surface area (Å²) in [5, 5.41) is 22.5. The molecule has 0 saturated carbocycles. The Bertz CT molecular complexity index is 1050. The van der Waals surface area contributed by atoms with Crippen molar-refractivity contribution >= 4 is 78.7 Å². The van der Waals surface area contributed by atoms with Gasteiger partial charge in [-0.15, -0.1) is 0 Å². The van der Waals surface area contributed by atoms with Crippen molar-refractivity contribution in [2.75, 3.05) is 0 Å². The molecular formula is C16H6Cl4N2O2S2. The summed E-state index contributed by atoms with van der Waals surface area (Å²) in [6, 6.07) is 6.10. The molecule has 0 aliphatic carbocycles. The van der Waals surface area contributed by atoms with Crippen LogP contribution in [0, 0.1) is 0 Å². The SMILES string of the molecule is Oc1c(Cl)cc(Cl)cc1-c1nc2sc(-c3cc(Cl)cc(Cl)c3O)nc2s1. The fourth-order valence-electron chi connectivity index (χ4n) is 2.33. The van der Waals surface area contributed by atoms with E-state index < -0.39 is 0 Å². The normalized spacial score (nSPS) is 11.4. The second-order valence-corrected chi connectivity index (χ2v) is 8.86. The number of thiazole rings is 2. The minimum Gasteiger partial charge on any atom is -0.506 e. The summed E-state index contributed by atoms with van der Waals surface area (Å²) in [5.74, 6) is -0.172. The Kier molecular flexibility index (Phi) is 4.67. The first kappa shape index (κ1) is 18.1. The van der Waals surface area contributed by atoms with E-state index in [0.29, 0.717) is 40.8 Å². The molecule has 2 aromatic carbocycles. The van der Waals surface area contributed by atoms with Gasteiger partial charge in [-0.25, -0.2) is 9.97 Å². The van der Waals surface area contributed by atoms with Gasteiger partial charge in [0.25, 0.3) is 0 Å². The number of aromatic hydroxyl groups is 2. The third-order valence-electron chi connectivity index (χ3n) is 3.49. The van der Waals surface area contributed by atoms with Crippen LogP contribution in [0.15, 0.2) is 24.3 Å². The van der Waals surface area contributed by atoms with Crippen LogP contribution in [0.5, 0.6) is 11.5 Å². The molecule has 0 bridgehead atoms. The van der Waals surface area contributed by atoms with Gasteiger partial charge in [-0.3, -0.25) is 0 Å². The van der Waals surface area contributed by atoms with Gasteiger partial charge in [0.1, 0.15) is 21.5 Å². The van der Waals surface area contributed by atoms with Gasteiger partial charge >= 0.3 is 0 Å². The van der Waals surface area contributed by atoms with E-state index in [2.05, 4.69) is 9.97 Å². The van der Waals surface area contributed by atoms with Crippen LogP contribution in [-0.2, 0) is 0 Å². The summed E-state index contributed by atoms with van der Waals surface area (Å²) in [6.07, 6.45) is 0. The Labute approximate surface area is 175 Å². The van der Waals surface area contributed by atoms with Gasteiger partial charge in [0, 0.05) is 10.0 Å². The number of benzene rings is 2. The number of hydrogen-bond acceptors (Lipinski definition) is 6. The second-order valence-electron chi connectivity index (χ2n) is 5.22. The first-order valence-corrected chi connectivity index (χ1v) is 10.1. The highest BCUT2D eigenvalue weighted by Gasteiger charge is 2.19. The molecule has 2 N–H and O–H groups in total. The maximum atomic E-state index is 10.2. The number of fused-ring (bicyclic) bond motifs is 1. The van der Waals surface area contributed by atoms with Crippen LogP contribution in [0.2, 0.25) is 20.1 Å². The van der Waals surface area contributed by atoms with E-state index in [1.54, 1.807) is 12.1 Å². The number of phenols is 2. The van der Waals surface area contributed by atoms with Crippen LogP contribution in [0.25, 0.3) is 30.8 Å². The Morgan fingerprint density at radius 3 is 1.42 bits per heavy atom. The van der Waals surface area contributed by atoms with Crippen LogP contribution in [-0.4, -0.2) is 20.2 Å². The molecule has 2 aromatic heterocycles. The molecule has 0 radical (unpaired) electrons. The van der Waals surface area contributed by atoms with Crippen molar-refractivity contribution in [2.45, 2.75) is 0 Å². The van der Waals surface area contributed by atoms with Crippen molar-refractivity contribution in [1.82, 2.24) is 9.97 Å². The standard InChI is InChI=1S/C16H6Cl4N2O2S2/c17-5-1-7(11(23)9(19)3-5)13-21-15-16(25-13)22-14(26-15)8-2-6(18)4-10(20)12(8)24/h1-4,23-24H. The molecule has 0 amide bonds. The molecule has 0 aliphatic rings. The molecule has 4 aromatic rings. The summed E-state index contributed by atoms with van der Waals surface area (Å²) >= 11 is 26.5. The first-order valence-electron chi connectivity index (χ1n) is 6.97. The van der Waals surface area contributed by atoms with Crippen LogP contribution in [0.4, 0.5) is 0 Å². The van der Waals surface area contributed by atoms with Crippen molar-refractivity contribution in [3.63, 3.8) is 0 Å². The van der Waals surface area contributed by atoms with Gasteiger partial charge in [0.05, 0.1) is 21.2 Å². The Morgan fingerprint density at radius 1 is 0.654 bits per heavy atom. The molecule has 10 heteroatoms. The second kappa shape index (κ2) is 6.71. The van der Waals surface area contributed by atoms with Crippen LogP contribution in [0.3, 0.4) is 0 Å². The zero-order valence-corrected chi connectivity index (χ0v) is 17.1. The molecule has 0 atom stereocenters. The molecule has 4 rings (SSSR count). The molecule has 2 heterocycles. The number of halogens is 4. The predicted molar refractivity (Wildman–Crippen MR) is 110 cm³/mol. The lowest BCUT2D eigenvalue weighted by Gasteiger charge is -2.04. The summed E-state index contributed by atoms with van der Waals surface area (Å²) in [4.78, 5) is 10.3. The maximum Gasteiger partial charge on any atom is 0.155 e. The Balaban J connectivity index is 1.83. The van der Waals surface area contributed by atoms with Gasteiger partial charge in [-0.1, -0.05) is 69.1 Å². The summed E-state index contributed by atoms with van der Waals surface area (Å²) < 4.78 is 0. The molecular weight excluding hydrogens is 458 g/mol. The summed E-state index contributed by atoms with van der Waals surface area (Å²) in [6.45, 7) is 0. The predicted octanol–water partition coefficient (Wildman–Crippen LogP) is 7.11. The van der Waals surface area contributed by atoms with Gasteiger partial charge in [-0.05, 0) is 24.3 Å². The third kappa shape index (κ3) is 3.11. The zero-order chi connectivity index (χ0) is 18.6. The average Bonchev–Trinajstić information content (AvgIpc) is 3.13. The highest BCUT2D eigenvalue weighted by atomic mass is 35.5. The summed E-state index contributed by atoms with van der Waals surface area (Å²) in [5.41, 5.74) is 0.876. The highest BCUT2D eigenvalue weighted by molar-refractivity contribution is 7.29. The number of phenolic OH excluding ortho intramolecular Hbond substituents is 2. The van der Waals surface area contributed by atoms with E-state index in [-0.39, 0.29) is 21.5 Å². The molecule has 0 fully saturated rings. The fraction of sp³-hybridized carbons (Fsp3) is 0. The van der Waals surface area contributed by atoms with Crippen molar-refractivity contribution < 1.29 is 10.2 Å².